The van der Waals surface area contributed by atoms with Crippen LogP contribution in [0.1, 0.15) is 0 Å². The van der Waals surface area contributed by atoms with Gasteiger partial charge in [0.25, 0.3) is 0 Å². The Morgan fingerprint density at radius 3 is 2.27 bits per heavy atom. The average molecular weight is 180 g/mol. The second-order valence-corrected chi connectivity index (χ2v) is 2.83. The maximum absolute atomic E-state index is 10.9. The number of nitrogens with zero attached hydrogens (tertiary/aromatic N) is 1. The maximum atomic E-state index is 10.9. The number of alkyl halides is 1. The molecule has 64 valence electrons. The predicted octanol–water partition coefficient (Wildman–Crippen LogP) is -1.21. The van der Waals surface area contributed by atoms with E-state index in [-0.39, 0.29) is 24.9 Å². The van der Waals surface area contributed by atoms with Crippen molar-refractivity contribution in [1.29, 1.82) is 0 Å². The number of β-amino-alcohol motifs (C(OH)–C–C–N with tert-alkyl or cyclic N) is 2. The summed E-state index contributed by atoms with van der Waals surface area (Å²) in [5.41, 5.74) is 0. The third-order valence-corrected chi connectivity index (χ3v) is 1.95. The summed E-state index contributed by atoms with van der Waals surface area (Å²) in [5.74, 6) is -0.346. The lowest BCUT2D eigenvalue weighted by Crippen LogP contribution is -2.30. The number of aliphatic hydroxyl groups is 2. The Morgan fingerprint density at radius 2 is 1.91 bits per heavy atom. The third kappa shape index (κ3) is 1.83. The lowest BCUT2D eigenvalue weighted by Gasteiger charge is -2.12. The zero-order valence-electron chi connectivity index (χ0n) is 5.90. The van der Waals surface area contributed by atoms with Gasteiger partial charge in [0.1, 0.15) is 5.88 Å². The van der Waals surface area contributed by atoms with Crippen LogP contribution in [0.2, 0.25) is 0 Å². The molecule has 5 heteroatoms. The number of likely N-dealkylation sites (tertiary alicyclic amines) is 1. The van der Waals surface area contributed by atoms with Crippen LogP contribution in [0.4, 0.5) is 0 Å². The first-order chi connectivity index (χ1) is 5.15. The molecule has 0 spiro atoms. The molecule has 11 heavy (non-hydrogen) atoms. The Morgan fingerprint density at radius 1 is 1.45 bits per heavy atom. The van der Waals surface area contributed by atoms with E-state index in [1.807, 2.05) is 0 Å². The van der Waals surface area contributed by atoms with Gasteiger partial charge in [0.15, 0.2) is 0 Å². The van der Waals surface area contributed by atoms with E-state index in [2.05, 4.69) is 0 Å². The van der Waals surface area contributed by atoms with E-state index in [9.17, 15) is 4.79 Å². The van der Waals surface area contributed by atoms with Crippen molar-refractivity contribution in [3.05, 3.63) is 0 Å². The number of amides is 1. The Kier molecular flexibility index (Phi) is 2.70. The molecule has 0 aliphatic carbocycles. The van der Waals surface area contributed by atoms with Gasteiger partial charge in [-0.15, -0.1) is 11.6 Å². The van der Waals surface area contributed by atoms with E-state index in [4.69, 9.17) is 21.8 Å². The van der Waals surface area contributed by atoms with Crippen LogP contribution in [0.25, 0.3) is 0 Å². The van der Waals surface area contributed by atoms with Gasteiger partial charge in [-0.2, -0.15) is 0 Å². The largest absolute Gasteiger partial charge is 0.388 e. The van der Waals surface area contributed by atoms with Crippen molar-refractivity contribution < 1.29 is 15.0 Å². The van der Waals surface area contributed by atoms with Gasteiger partial charge in [-0.3, -0.25) is 4.79 Å². The topological polar surface area (TPSA) is 60.8 Å². The molecular formula is C6H10ClNO3. The maximum Gasteiger partial charge on any atom is 0.237 e. The Balaban J connectivity index is 2.46. The molecular weight excluding hydrogens is 170 g/mol. The summed E-state index contributed by atoms with van der Waals surface area (Å²) >= 11 is 5.27. The van der Waals surface area contributed by atoms with Crippen molar-refractivity contribution >= 4 is 17.5 Å². The molecule has 0 aromatic carbocycles. The number of hydrogen-bond acceptors (Lipinski definition) is 3. The van der Waals surface area contributed by atoms with Crippen molar-refractivity contribution in [2.24, 2.45) is 0 Å². The molecule has 4 nitrogen and oxygen atoms in total. The van der Waals surface area contributed by atoms with E-state index >= 15 is 0 Å². The van der Waals surface area contributed by atoms with Crippen LogP contribution >= 0.6 is 11.6 Å². The molecule has 0 bridgehead atoms. The molecule has 2 N–H and O–H groups in total. The van der Waals surface area contributed by atoms with Gasteiger partial charge in [-0.25, -0.2) is 0 Å². The molecule has 1 aliphatic heterocycles. The number of carbonyl (C=O) groups is 1. The fourth-order valence-corrected chi connectivity index (χ4v) is 1.23. The quantitative estimate of drug-likeness (QED) is 0.497. The van der Waals surface area contributed by atoms with E-state index in [0.29, 0.717) is 0 Å². The first-order valence-electron chi connectivity index (χ1n) is 3.35. The number of rotatable bonds is 1. The summed E-state index contributed by atoms with van der Waals surface area (Å²) in [6.07, 6.45) is -1.63. The van der Waals surface area contributed by atoms with E-state index in [0.717, 1.165) is 0 Å². The zero-order chi connectivity index (χ0) is 8.43. The highest BCUT2D eigenvalue weighted by Gasteiger charge is 2.31. The highest BCUT2D eigenvalue weighted by atomic mass is 35.5. The van der Waals surface area contributed by atoms with Gasteiger partial charge in [0, 0.05) is 13.1 Å². The molecule has 0 aromatic heterocycles. The van der Waals surface area contributed by atoms with Gasteiger partial charge in [0.2, 0.25) is 5.91 Å². The summed E-state index contributed by atoms with van der Waals surface area (Å²) in [6, 6.07) is 0. The molecule has 0 unspecified atom stereocenters. The van der Waals surface area contributed by atoms with Gasteiger partial charge >= 0.3 is 0 Å². The number of halogens is 1. The number of hydrogen-bond donors (Lipinski definition) is 2. The molecule has 0 radical (unpaired) electrons. The Bertz CT molecular complexity index is 154. The van der Waals surface area contributed by atoms with Crippen molar-refractivity contribution in [3.63, 3.8) is 0 Å². The van der Waals surface area contributed by atoms with Crippen molar-refractivity contribution in [1.82, 2.24) is 4.90 Å². The summed E-state index contributed by atoms with van der Waals surface area (Å²) in [4.78, 5) is 12.2. The van der Waals surface area contributed by atoms with Gasteiger partial charge < -0.3 is 15.1 Å². The molecule has 0 aromatic rings. The fourth-order valence-electron chi connectivity index (χ4n) is 1.06. The standard InChI is InChI=1S/C6H10ClNO3/c7-1-6(11)8-2-4(9)5(10)3-8/h4-5,9-10H,1-3H2/t4-,5+. The second kappa shape index (κ2) is 3.38. The molecule has 1 aliphatic rings. The summed E-state index contributed by atoms with van der Waals surface area (Å²) in [5, 5.41) is 18.1. The molecule has 1 rings (SSSR count). The Hall–Kier alpha value is -0.320. The van der Waals surface area contributed by atoms with Gasteiger partial charge in [-0.05, 0) is 0 Å². The van der Waals surface area contributed by atoms with E-state index in [1.165, 1.54) is 4.90 Å². The number of carbonyl (C=O) groups excluding carboxylic acids is 1. The highest BCUT2D eigenvalue weighted by Crippen LogP contribution is 2.09. The monoisotopic (exact) mass is 179 g/mol. The van der Waals surface area contributed by atoms with Crippen LogP contribution in [0, 0.1) is 0 Å². The minimum absolute atomic E-state index is 0.0978. The first kappa shape index (κ1) is 8.77. The molecule has 1 heterocycles. The lowest BCUT2D eigenvalue weighted by molar-refractivity contribution is -0.128. The molecule has 0 saturated carbocycles. The van der Waals surface area contributed by atoms with Crippen LogP contribution in [-0.4, -0.2) is 52.2 Å². The lowest BCUT2D eigenvalue weighted by atomic mass is 10.3. The van der Waals surface area contributed by atoms with Crippen molar-refractivity contribution in [2.75, 3.05) is 19.0 Å². The summed E-state index contributed by atoms with van der Waals surface area (Å²) in [7, 11) is 0. The second-order valence-electron chi connectivity index (χ2n) is 2.57. The molecule has 2 atom stereocenters. The Labute approximate surface area is 69.4 Å². The normalized spacial score (nSPS) is 31.0. The van der Waals surface area contributed by atoms with E-state index < -0.39 is 12.2 Å². The zero-order valence-corrected chi connectivity index (χ0v) is 6.66. The first-order valence-corrected chi connectivity index (χ1v) is 3.88. The molecule has 1 fully saturated rings. The van der Waals surface area contributed by atoms with Crippen molar-refractivity contribution in [2.45, 2.75) is 12.2 Å². The number of aliphatic hydroxyl groups excluding tert-OH is 2. The molecule has 1 saturated heterocycles. The van der Waals surface area contributed by atoms with Crippen molar-refractivity contribution in [3.8, 4) is 0 Å². The van der Waals surface area contributed by atoms with Crippen LogP contribution in [0.15, 0.2) is 0 Å². The SMILES string of the molecule is O=C(CCl)N1C[C@@H](O)[C@@H](O)C1. The summed E-state index contributed by atoms with van der Waals surface area (Å²) in [6.45, 7) is 0.374. The van der Waals surface area contributed by atoms with Gasteiger partial charge in [0.05, 0.1) is 12.2 Å². The highest BCUT2D eigenvalue weighted by molar-refractivity contribution is 6.27. The van der Waals surface area contributed by atoms with Crippen LogP contribution in [-0.2, 0) is 4.79 Å². The molecule has 1 amide bonds. The van der Waals surface area contributed by atoms with Gasteiger partial charge in [-0.1, -0.05) is 0 Å². The third-order valence-electron chi connectivity index (χ3n) is 1.73. The fraction of sp³-hybridized carbons (Fsp3) is 0.833. The average Bonchev–Trinajstić information content (AvgIpc) is 2.31. The predicted molar refractivity (Wildman–Crippen MR) is 39.3 cm³/mol. The summed E-state index contributed by atoms with van der Waals surface area (Å²) < 4.78 is 0. The van der Waals surface area contributed by atoms with Crippen LogP contribution < -0.4 is 0 Å². The minimum atomic E-state index is -0.817. The van der Waals surface area contributed by atoms with Crippen LogP contribution in [0.5, 0.6) is 0 Å². The van der Waals surface area contributed by atoms with Crippen LogP contribution in [0.3, 0.4) is 0 Å². The smallest absolute Gasteiger partial charge is 0.237 e. The van der Waals surface area contributed by atoms with E-state index in [1.54, 1.807) is 0 Å². The minimum Gasteiger partial charge on any atom is -0.388 e.